The van der Waals surface area contributed by atoms with Gasteiger partial charge in [-0.2, -0.15) is 0 Å². The van der Waals surface area contributed by atoms with Crippen molar-refractivity contribution in [3.63, 3.8) is 0 Å². The predicted molar refractivity (Wildman–Crippen MR) is 88.7 cm³/mol. The van der Waals surface area contributed by atoms with Crippen LogP contribution in [-0.2, 0) is 0 Å². The highest BCUT2D eigenvalue weighted by molar-refractivity contribution is 9.10. The maximum absolute atomic E-state index is 6.15. The van der Waals surface area contributed by atoms with Gasteiger partial charge in [0.2, 0.25) is 0 Å². The van der Waals surface area contributed by atoms with Crippen LogP contribution in [-0.4, -0.2) is 6.54 Å². The van der Waals surface area contributed by atoms with Crippen molar-refractivity contribution in [2.24, 2.45) is 0 Å². The second-order valence-electron chi connectivity index (χ2n) is 4.26. The first-order chi connectivity index (χ1) is 9.02. The van der Waals surface area contributed by atoms with Crippen molar-refractivity contribution >= 4 is 50.5 Å². The van der Waals surface area contributed by atoms with Gasteiger partial charge in [-0.3, -0.25) is 0 Å². The van der Waals surface area contributed by atoms with Gasteiger partial charge in [-0.05, 0) is 58.7 Å². The second-order valence-corrected chi connectivity index (χ2v) is 7.24. The van der Waals surface area contributed by atoms with Crippen LogP contribution in [0.15, 0.2) is 28.7 Å². The monoisotopic (exact) mass is 377 g/mol. The number of halogens is 3. The summed E-state index contributed by atoms with van der Waals surface area (Å²) in [7, 11) is 0. The van der Waals surface area contributed by atoms with Crippen LogP contribution >= 0.6 is 50.5 Å². The van der Waals surface area contributed by atoms with Gasteiger partial charge in [0.25, 0.3) is 0 Å². The quantitative estimate of drug-likeness (QED) is 0.706. The molecule has 2 aromatic rings. The van der Waals surface area contributed by atoms with Gasteiger partial charge >= 0.3 is 0 Å². The van der Waals surface area contributed by atoms with E-state index in [2.05, 4.69) is 47.2 Å². The van der Waals surface area contributed by atoms with Gasteiger partial charge in [0, 0.05) is 14.4 Å². The van der Waals surface area contributed by atoms with Crippen molar-refractivity contribution in [3.05, 3.63) is 54.1 Å². The van der Waals surface area contributed by atoms with Crippen molar-refractivity contribution in [3.8, 4) is 0 Å². The predicted octanol–water partition coefficient (Wildman–Crippen LogP) is 5.82. The Morgan fingerprint density at radius 2 is 2.05 bits per heavy atom. The van der Waals surface area contributed by atoms with E-state index in [1.807, 2.05) is 12.1 Å². The van der Waals surface area contributed by atoms with Gasteiger partial charge in [-0.25, -0.2) is 0 Å². The zero-order valence-corrected chi connectivity index (χ0v) is 14.6. The SMILES string of the molecule is CCNC(c1cc(Br)c(Cl)s1)c1ccc(Cl)cc1C. The van der Waals surface area contributed by atoms with Crippen LogP contribution in [0, 0.1) is 6.92 Å². The molecule has 0 amide bonds. The standard InChI is InChI=1S/C14H14BrCl2NS/c1-3-18-13(12-7-11(15)14(17)19-12)10-5-4-9(16)6-8(10)2/h4-7,13,18H,3H2,1-2H3. The molecule has 1 unspecified atom stereocenters. The first kappa shape index (κ1) is 15.3. The summed E-state index contributed by atoms with van der Waals surface area (Å²) < 4.78 is 1.73. The van der Waals surface area contributed by atoms with E-state index in [4.69, 9.17) is 23.2 Å². The molecule has 19 heavy (non-hydrogen) atoms. The first-order valence-electron chi connectivity index (χ1n) is 5.97. The van der Waals surface area contributed by atoms with Crippen molar-refractivity contribution < 1.29 is 0 Å². The zero-order chi connectivity index (χ0) is 14.0. The van der Waals surface area contributed by atoms with Crippen LogP contribution in [0.1, 0.15) is 29.0 Å². The number of hydrogen-bond donors (Lipinski definition) is 1. The molecular weight excluding hydrogens is 365 g/mol. The third kappa shape index (κ3) is 3.53. The average Bonchev–Trinajstić information content (AvgIpc) is 2.67. The van der Waals surface area contributed by atoms with E-state index in [9.17, 15) is 0 Å². The summed E-state index contributed by atoms with van der Waals surface area (Å²) >= 11 is 17.2. The molecule has 1 nitrogen and oxygen atoms in total. The van der Waals surface area contributed by atoms with Crippen LogP contribution in [0.25, 0.3) is 0 Å². The molecule has 5 heteroatoms. The fourth-order valence-electron chi connectivity index (χ4n) is 2.04. The van der Waals surface area contributed by atoms with Crippen LogP contribution in [0.3, 0.4) is 0 Å². The van der Waals surface area contributed by atoms with E-state index in [1.54, 1.807) is 11.3 Å². The molecule has 0 aliphatic carbocycles. The maximum Gasteiger partial charge on any atom is 0.107 e. The molecule has 0 saturated heterocycles. The number of benzene rings is 1. The third-order valence-electron chi connectivity index (χ3n) is 2.90. The van der Waals surface area contributed by atoms with Crippen LogP contribution in [0.4, 0.5) is 0 Å². The molecular formula is C14H14BrCl2NS. The molecule has 0 radical (unpaired) electrons. The van der Waals surface area contributed by atoms with Gasteiger partial charge in [0.1, 0.15) is 4.34 Å². The minimum atomic E-state index is 0.149. The van der Waals surface area contributed by atoms with Gasteiger partial charge in [-0.15, -0.1) is 11.3 Å². The molecule has 1 aromatic carbocycles. The van der Waals surface area contributed by atoms with Crippen molar-refractivity contribution in [2.75, 3.05) is 6.54 Å². The number of hydrogen-bond acceptors (Lipinski definition) is 2. The van der Waals surface area contributed by atoms with E-state index in [1.165, 1.54) is 16.0 Å². The van der Waals surface area contributed by atoms with E-state index < -0.39 is 0 Å². The minimum Gasteiger partial charge on any atom is -0.306 e. The maximum atomic E-state index is 6.15. The molecule has 1 heterocycles. The topological polar surface area (TPSA) is 12.0 Å². The highest BCUT2D eigenvalue weighted by Crippen LogP contribution is 2.38. The largest absolute Gasteiger partial charge is 0.306 e. The Balaban J connectivity index is 2.44. The second kappa shape index (κ2) is 6.59. The summed E-state index contributed by atoms with van der Waals surface area (Å²) in [6, 6.07) is 8.22. The Kier molecular flexibility index (Phi) is 5.32. The lowest BCUT2D eigenvalue weighted by Crippen LogP contribution is -2.21. The molecule has 0 aliphatic rings. The summed E-state index contributed by atoms with van der Waals surface area (Å²) in [5, 5.41) is 4.27. The molecule has 2 rings (SSSR count). The van der Waals surface area contributed by atoms with Crippen LogP contribution in [0.2, 0.25) is 9.36 Å². The van der Waals surface area contributed by atoms with Gasteiger partial charge in [-0.1, -0.05) is 36.2 Å². The Bertz CT molecular complexity index is 563. The van der Waals surface area contributed by atoms with E-state index in [0.717, 1.165) is 20.4 Å². The van der Waals surface area contributed by atoms with Crippen LogP contribution < -0.4 is 5.32 Å². The third-order valence-corrected chi connectivity index (χ3v) is 5.67. The van der Waals surface area contributed by atoms with Crippen LogP contribution in [0.5, 0.6) is 0 Å². The molecule has 0 fully saturated rings. The van der Waals surface area contributed by atoms with Crippen molar-refractivity contribution in [1.29, 1.82) is 0 Å². The van der Waals surface area contributed by atoms with Gasteiger partial charge in [0.15, 0.2) is 0 Å². The Morgan fingerprint density at radius 3 is 2.58 bits per heavy atom. The fraction of sp³-hybridized carbons (Fsp3) is 0.286. The fourth-order valence-corrected chi connectivity index (χ4v) is 4.09. The summed E-state index contributed by atoms with van der Waals surface area (Å²) in [4.78, 5) is 1.20. The number of nitrogens with one attached hydrogen (secondary N) is 1. The van der Waals surface area contributed by atoms with Gasteiger partial charge in [0.05, 0.1) is 6.04 Å². The molecule has 102 valence electrons. The van der Waals surface area contributed by atoms with Crippen molar-refractivity contribution in [2.45, 2.75) is 19.9 Å². The Morgan fingerprint density at radius 1 is 1.32 bits per heavy atom. The lowest BCUT2D eigenvalue weighted by atomic mass is 10.00. The molecule has 1 N–H and O–H groups in total. The molecule has 1 atom stereocenters. The van der Waals surface area contributed by atoms with E-state index in [0.29, 0.717) is 0 Å². The van der Waals surface area contributed by atoms with E-state index >= 15 is 0 Å². The number of rotatable bonds is 4. The van der Waals surface area contributed by atoms with E-state index in [-0.39, 0.29) is 6.04 Å². The Hall–Kier alpha value is -0.0600. The first-order valence-corrected chi connectivity index (χ1v) is 8.33. The molecule has 0 bridgehead atoms. The van der Waals surface area contributed by atoms with Crippen molar-refractivity contribution in [1.82, 2.24) is 5.32 Å². The van der Waals surface area contributed by atoms with Gasteiger partial charge < -0.3 is 5.32 Å². The number of thiophene rings is 1. The highest BCUT2D eigenvalue weighted by Gasteiger charge is 2.18. The molecule has 0 saturated carbocycles. The molecule has 0 spiro atoms. The Labute approximate surface area is 136 Å². The zero-order valence-electron chi connectivity index (χ0n) is 10.6. The summed E-state index contributed by atoms with van der Waals surface area (Å²) in [6.07, 6.45) is 0. The average molecular weight is 379 g/mol. The normalized spacial score (nSPS) is 12.7. The number of aryl methyl sites for hydroxylation is 1. The highest BCUT2D eigenvalue weighted by atomic mass is 79.9. The smallest absolute Gasteiger partial charge is 0.107 e. The summed E-state index contributed by atoms with van der Waals surface area (Å²) in [5.41, 5.74) is 2.41. The lowest BCUT2D eigenvalue weighted by Gasteiger charge is -2.19. The molecule has 1 aromatic heterocycles. The summed E-state index contributed by atoms with van der Waals surface area (Å²) in [6.45, 7) is 5.07. The minimum absolute atomic E-state index is 0.149. The molecule has 0 aliphatic heterocycles. The lowest BCUT2D eigenvalue weighted by molar-refractivity contribution is 0.636. The summed E-state index contributed by atoms with van der Waals surface area (Å²) in [5.74, 6) is 0.